The van der Waals surface area contributed by atoms with Crippen LogP contribution in [-0.2, 0) is 6.42 Å². The number of aryl methyl sites for hydroxylation is 1. The highest BCUT2D eigenvalue weighted by Crippen LogP contribution is 2.30. The van der Waals surface area contributed by atoms with Gasteiger partial charge in [-0.1, -0.05) is 11.6 Å². The van der Waals surface area contributed by atoms with E-state index < -0.39 is 0 Å². The van der Waals surface area contributed by atoms with Crippen molar-refractivity contribution in [3.63, 3.8) is 0 Å². The molecule has 3 nitrogen and oxygen atoms in total. The number of hydrogen-bond acceptors (Lipinski definition) is 3. The van der Waals surface area contributed by atoms with E-state index in [1.165, 1.54) is 17.7 Å². The highest BCUT2D eigenvalue weighted by Gasteiger charge is 2.15. The van der Waals surface area contributed by atoms with Crippen LogP contribution in [-0.4, -0.2) is 23.6 Å². The summed E-state index contributed by atoms with van der Waals surface area (Å²) in [5, 5.41) is 0.514. The van der Waals surface area contributed by atoms with Crippen molar-refractivity contribution >= 4 is 39.9 Å². The molecule has 0 saturated carbocycles. The summed E-state index contributed by atoms with van der Waals surface area (Å²) in [6, 6.07) is 6.40. The Labute approximate surface area is 131 Å². The summed E-state index contributed by atoms with van der Waals surface area (Å²) in [7, 11) is 2.13. The standard InChI is InChI=1S/C14H13ClIN3/c1-19-6-2-3-9-7-10(4-5-12(9)19)14-17-8-11(16)13(15)18-14/h4-5,7-8H,2-3,6H2,1H3. The van der Waals surface area contributed by atoms with Gasteiger partial charge in [0.1, 0.15) is 5.15 Å². The van der Waals surface area contributed by atoms with Crippen LogP contribution in [0.15, 0.2) is 24.4 Å². The molecule has 0 fully saturated rings. The molecule has 0 unspecified atom stereocenters. The van der Waals surface area contributed by atoms with Gasteiger partial charge < -0.3 is 4.90 Å². The third-order valence-corrected chi connectivity index (χ3v) is 4.79. The number of anilines is 1. The van der Waals surface area contributed by atoms with Crippen LogP contribution in [0.25, 0.3) is 11.4 Å². The van der Waals surface area contributed by atoms with Gasteiger partial charge in [0.15, 0.2) is 5.82 Å². The molecule has 98 valence electrons. The second kappa shape index (κ2) is 5.25. The molecule has 1 aliphatic heterocycles. The van der Waals surface area contributed by atoms with Crippen LogP contribution >= 0.6 is 34.2 Å². The Morgan fingerprint density at radius 3 is 3.00 bits per heavy atom. The fraction of sp³-hybridized carbons (Fsp3) is 0.286. The number of halogens is 2. The Kier molecular flexibility index (Phi) is 3.62. The summed E-state index contributed by atoms with van der Waals surface area (Å²) in [5.41, 5.74) is 3.71. The van der Waals surface area contributed by atoms with Crippen LogP contribution in [0.3, 0.4) is 0 Å². The van der Waals surface area contributed by atoms with E-state index in [2.05, 4.69) is 62.7 Å². The Hall–Kier alpha value is -0.880. The van der Waals surface area contributed by atoms with E-state index in [0.717, 1.165) is 22.1 Å². The maximum absolute atomic E-state index is 6.06. The van der Waals surface area contributed by atoms with Crippen molar-refractivity contribution < 1.29 is 0 Å². The fourth-order valence-corrected chi connectivity index (χ4v) is 2.80. The number of nitrogens with zero attached hydrogens (tertiary/aromatic N) is 3. The monoisotopic (exact) mass is 385 g/mol. The largest absolute Gasteiger partial charge is 0.374 e. The molecule has 5 heteroatoms. The molecule has 0 spiro atoms. The molecular weight excluding hydrogens is 373 g/mol. The quantitative estimate of drug-likeness (QED) is 0.552. The fourth-order valence-electron chi connectivity index (χ4n) is 2.41. The third-order valence-electron chi connectivity index (χ3n) is 3.39. The summed E-state index contributed by atoms with van der Waals surface area (Å²) in [4.78, 5) is 11.0. The van der Waals surface area contributed by atoms with Crippen molar-refractivity contribution in [2.75, 3.05) is 18.5 Å². The first kappa shape index (κ1) is 13.1. The second-order valence-electron chi connectivity index (χ2n) is 4.70. The van der Waals surface area contributed by atoms with Crippen LogP contribution in [0.1, 0.15) is 12.0 Å². The normalized spacial score (nSPS) is 14.4. The van der Waals surface area contributed by atoms with E-state index in [9.17, 15) is 0 Å². The third kappa shape index (κ3) is 2.56. The van der Waals surface area contributed by atoms with Gasteiger partial charge >= 0.3 is 0 Å². The van der Waals surface area contributed by atoms with Crippen molar-refractivity contribution in [1.82, 2.24) is 9.97 Å². The number of rotatable bonds is 1. The average molecular weight is 386 g/mol. The lowest BCUT2D eigenvalue weighted by Gasteiger charge is -2.27. The molecule has 19 heavy (non-hydrogen) atoms. The van der Waals surface area contributed by atoms with E-state index in [-0.39, 0.29) is 0 Å². The van der Waals surface area contributed by atoms with Crippen LogP contribution in [0.4, 0.5) is 5.69 Å². The summed E-state index contributed by atoms with van der Waals surface area (Å²) in [6.45, 7) is 1.12. The minimum atomic E-state index is 0.514. The molecule has 0 saturated heterocycles. The molecule has 2 aromatic rings. The van der Waals surface area contributed by atoms with Gasteiger partial charge in [-0.15, -0.1) is 0 Å². The number of aromatic nitrogens is 2. The molecule has 0 aliphatic carbocycles. The topological polar surface area (TPSA) is 29.0 Å². The first-order valence-electron chi connectivity index (χ1n) is 6.17. The highest BCUT2D eigenvalue weighted by molar-refractivity contribution is 14.1. The van der Waals surface area contributed by atoms with Gasteiger partial charge in [0.05, 0.1) is 3.57 Å². The molecule has 3 rings (SSSR count). The van der Waals surface area contributed by atoms with Gasteiger partial charge in [0.25, 0.3) is 0 Å². The van der Waals surface area contributed by atoms with E-state index in [0.29, 0.717) is 11.0 Å². The molecule has 1 aliphatic rings. The smallest absolute Gasteiger partial charge is 0.160 e. The van der Waals surface area contributed by atoms with Crippen LogP contribution in [0.2, 0.25) is 5.15 Å². The van der Waals surface area contributed by atoms with Crippen molar-refractivity contribution in [3.8, 4) is 11.4 Å². The highest BCUT2D eigenvalue weighted by atomic mass is 127. The maximum atomic E-state index is 6.06. The number of benzene rings is 1. The van der Waals surface area contributed by atoms with Gasteiger partial charge in [-0.05, 0) is 59.2 Å². The minimum Gasteiger partial charge on any atom is -0.374 e. The lowest BCUT2D eigenvalue weighted by atomic mass is 9.99. The average Bonchev–Trinajstić information content (AvgIpc) is 2.42. The lowest BCUT2D eigenvalue weighted by molar-refractivity contribution is 0.744. The van der Waals surface area contributed by atoms with E-state index in [1.807, 2.05) is 0 Å². The zero-order chi connectivity index (χ0) is 13.4. The Morgan fingerprint density at radius 2 is 2.21 bits per heavy atom. The Balaban J connectivity index is 2.04. The molecular formula is C14H13ClIN3. The van der Waals surface area contributed by atoms with E-state index in [1.54, 1.807) is 6.20 Å². The van der Waals surface area contributed by atoms with Gasteiger partial charge in [-0.2, -0.15) is 0 Å². The molecule has 0 N–H and O–H groups in total. The molecule has 0 amide bonds. The number of fused-ring (bicyclic) bond motifs is 1. The van der Waals surface area contributed by atoms with Gasteiger partial charge in [-0.25, -0.2) is 9.97 Å². The zero-order valence-corrected chi connectivity index (χ0v) is 13.4. The first-order valence-corrected chi connectivity index (χ1v) is 7.63. The van der Waals surface area contributed by atoms with E-state index >= 15 is 0 Å². The summed E-state index contributed by atoms with van der Waals surface area (Å²) in [5.74, 6) is 0.696. The van der Waals surface area contributed by atoms with E-state index in [4.69, 9.17) is 11.6 Å². The second-order valence-corrected chi connectivity index (χ2v) is 6.22. The molecule has 1 aromatic carbocycles. The van der Waals surface area contributed by atoms with Crippen LogP contribution in [0.5, 0.6) is 0 Å². The van der Waals surface area contributed by atoms with Crippen molar-refractivity contribution in [3.05, 3.63) is 38.7 Å². The van der Waals surface area contributed by atoms with Gasteiger partial charge in [0.2, 0.25) is 0 Å². The SMILES string of the molecule is CN1CCCc2cc(-c3ncc(I)c(Cl)n3)ccc21. The predicted octanol–water partition coefficient (Wildman–Crippen LogP) is 3.78. The lowest BCUT2D eigenvalue weighted by Crippen LogP contribution is -2.24. The van der Waals surface area contributed by atoms with Crippen molar-refractivity contribution in [2.45, 2.75) is 12.8 Å². The molecule has 0 radical (unpaired) electrons. The first-order chi connectivity index (χ1) is 9.15. The van der Waals surface area contributed by atoms with Crippen molar-refractivity contribution in [1.29, 1.82) is 0 Å². The summed E-state index contributed by atoms with van der Waals surface area (Å²) in [6.07, 6.45) is 4.07. The number of hydrogen-bond donors (Lipinski definition) is 0. The summed E-state index contributed by atoms with van der Waals surface area (Å²) < 4.78 is 0.876. The van der Waals surface area contributed by atoms with Crippen LogP contribution in [0, 0.1) is 3.57 Å². The minimum absolute atomic E-state index is 0.514. The summed E-state index contributed by atoms with van der Waals surface area (Å²) >= 11 is 8.20. The molecule has 0 atom stereocenters. The van der Waals surface area contributed by atoms with Crippen molar-refractivity contribution in [2.24, 2.45) is 0 Å². The maximum Gasteiger partial charge on any atom is 0.160 e. The predicted molar refractivity (Wildman–Crippen MR) is 86.8 cm³/mol. The molecule has 2 heterocycles. The molecule has 1 aromatic heterocycles. The Bertz CT molecular complexity index is 630. The Morgan fingerprint density at radius 1 is 1.37 bits per heavy atom. The molecule has 0 bridgehead atoms. The van der Waals surface area contributed by atoms with Gasteiger partial charge in [-0.3, -0.25) is 0 Å². The van der Waals surface area contributed by atoms with Crippen LogP contribution < -0.4 is 4.90 Å². The van der Waals surface area contributed by atoms with Gasteiger partial charge in [0, 0.05) is 31.0 Å². The zero-order valence-electron chi connectivity index (χ0n) is 10.5.